The van der Waals surface area contributed by atoms with E-state index in [2.05, 4.69) is 10.6 Å². The van der Waals surface area contributed by atoms with Gasteiger partial charge in [-0.25, -0.2) is 8.42 Å². The molecule has 27 heavy (non-hydrogen) atoms. The molecule has 0 spiro atoms. The minimum atomic E-state index is -4.01. The maximum atomic E-state index is 13.2. The lowest BCUT2D eigenvalue weighted by Crippen LogP contribution is -2.47. The third kappa shape index (κ3) is 3.75. The first-order chi connectivity index (χ1) is 12.9. The summed E-state index contributed by atoms with van der Waals surface area (Å²) in [5.74, 6) is 0.694. The van der Waals surface area contributed by atoms with Crippen LogP contribution in [0.4, 0.5) is 5.69 Å². The highest BCUT2D eigenvalue weighted by atomic mass is 35.5. The Morgan fingerprint density at radius 1 is 1.41 bits per heavy atom. The van der Waals surface area contributed by atoms with Crippen LogP contribution in [0.1, 0.15) is 12.8 Å². The van der Waals surface area contributed by atoms with E-state index in [0.29, 0.717) is 23.9 Å². The number of nitrogens with one attached hydrogen (secondary N) is 2. The van der Waals surface area contributed by atoms with Crippen molar-refractivity contribution in [2.45, 2.75) is 23.8 Å². The maximum absolute atomic E-state index is 13.2. The van der Waals surface area contributed by atoms with Crippen LogP contribution in [-0.2, 0) is 19.6 Å². The molecule has 4 rings (SSSR count). The van der Waals surface area contributed by atoms with Crippen LogP contribution < -0.4 is 15.4 Å². The van der Waals surface area contributed by atoms with Crippen molar-refractivity contribution in [2.75, 3.05) is 30.1 Å². The summed E-state index contributed by atoms with van der Waals surface area (Å²) in [5, 5.41) is 5.40. The Bertz CT molecular complexity index is 904. The van der Waals surface area contributed by atoms with Crippen molar-refractivity contribution < 1.29 is 22.7 Å². The van der Waals surface area contributed by atoms with Crippen molar-refractivity contribution >= 4 is 50.9 Å². The zero-order valence-electron chi connectivity index (χ0n) is 14.2. The molecule has 1 aromatic rings. The summed E-state index contributed by atoms with van der Waals surface area (Å²) in [6.45, 7) is 0.390. The Morgan fingerprint density at radius 2 is 2.19 bits per heavy atom. The molecule has 2 aliphatic heterocycles. The number of benzene rings is 1. The summed E-state index contributed by atoms with van der Waals surface area (Å²) in [4.78, 5) is 23.8. The number of anilines is 1. The van der Waals surface area contributed by atoms with E-state index < -0.39 is 16.1 Å². The molecule has 1 unspecified atom stereocenters. The van der Waals surface area contributed by atoms with Crippen molar-refractivity contribution in [1.82, 2.24) is 9.62 Å². The lowest BCUT2D eigenvalue weighted by Gasteiger charge is -2.24. The molecule has 1 aliphatic carbocycles. The fourth-order valence-corrected chi connectivity index (χ4v) is 6.63. The molecule has 3 aliphatic rings. The van der Waals surface area contributed by atoms with E-state index in [4.69, 9.17) is 16.3 Å². The number of carbonyl (C=O) groups is 2. The molecule has 0 bridgehead atoms. The van der Waals surface area contributed by atoms with Crippen molar-refractivity contribution in [3.05, 3.63) is 17.2 Å². The van der Waals surface area contributed by atoms with E-state index in [1.165, 1.54) is 28.2 Å². The third-order valence-electron chi connectivity index (χ3n) is 4.66. The molecule has 1 aromatic carbocycles. The first kappa shape index (κ1) is 18.9. The van der Waals surface area contributed by atoms with Crippen LogP contribution in [0, 0.1) is 5.92 Å². The lowest BCUT2D eigenvalue weighted by atomic mass is 10.2. The minimum Gasteiger partial charge on any atom is -0.482 e. The van der Waals surface area contributed by atoms with Gasteiger partial charge in [0, 0.05) is 18.4 Å². The first-order valence-corrected chi connectivity index (χ1v) is 11.5. The number of hydrogen-bond donors (Lipinski definition) is 2. The van der Waals surface area contributed by atoms with Gasteiger partial charge in [0.05, 0.1) is 16.6 Å². The van der Waals surface area contributed by atoms with Gasteiger partial charge in [0.25, 0.3) is 5.91 Å². The summed E-state index contributed by atoms with van der Waals surface area (Å²) in [6.07, 6.45) is 2.20. The monoisotopic (exact) mass is 431 g/mol. The van der Waals surface area contributed by atoms with E-state index in [0.717, 1.165) is 12.8 Å². The highest BCUT2D eigenvalue weighted by Gasteiger charge is 2.41. The second kappa shape index (κ2) is 7.16. The number of nitrogens with zero attached hydrogens (tertiary/aromatic N) is 1. The molecule has 1 atom stereocenters. The van der Waals surface area contributed by atoms with Crippen LogP contribution in [0.5, 0.6) is 5.75 Å². The van der Waals surface area contributed by atoms with Crippen LogP contribution in [-0.4, -0.2) is 55.4 Å². The highest BCUT2D eigenvalue weighted by Crippen LogP contribution is 2.38. The molecule has 1 saturated heterocycles. The fraction of sp³-hybridized carbons (Fsp3) is 0.500. The largest absolute Gasteiger partial charge is 0.482 e. The topological polar surface area (TPSA) is 105 Å². The zero-order valence-corrected chi connectivity index (χ0v) is 16.6. The van der Waals surface area contributed by atoms with Gasteiger partial charge in [-0.1, -0.05) is 11.6 Å². The molecule has 146 valence electrons. The Labute approximate surface area is 166 Å². The summed E-state index contributed by atoms with van der Waals surface area (Å²) in [7, 11) is -4.01. The van der Waals surface area contributed by atoms with E-state index in [1.807, 2.05) is 0 Å². The highest BCUT2D eigenvalue weighted by molar-refractivity contribution is 8.00. The van der Waals surface area contributed by atoms with Crippen LogP contribution in [0.25, 0.3) is 0 Å². The molecule has 2 heterocycles. The van der Waals surface area contributed by atoms with Crippen LogP contribution in [0.2, 0.25) is 5.02 Å². The molecule has 2 N–H and O–H groups in total. The van der Waals surface area contributed by atoms with Crippen molar-refractivity contribution in [3.8, 4) is 5.75 Å². The molecule has 8 nitrogen and oxygen atoms in total. The van der Waals surface area contributed by atoms with Gasteiger partial charge in [-0.05, 0) is 24.8 Å². The number of rotatable bonds is 5. The van der Waals surface area contributed by atoms with Crippen LogP contribution in [0.15, 0.2) is 17.0 Å². The summed E-state index contributed by atoms with van der Waals surface area (Å²) in [6, 6.07) is 1.88. The first-order valence-electron chi connectivity index (χ1n) is 8.50. The van der Waals surface area contributed by atoms with Gasteiger partial charge in [-0.3, -0.25) is 9.59 Å². The van der Waals surface area contributed by atoms with Gasteiger partial charge in [0.1, 0.15) is 16.7 Å². The Hall–Kier alpha value is -1.49. The van der Waals surface area contributed by atoms with Gasteiger partial charge in [-0.2, -0.15) is 4.31 Å². The normalized spacial score (nSPS) is 22.7. The molecular formula is C16H18ClN3O5S2. The number of carbonyl (C=O) groups excluding carboxylic acids is 2. The van der Waals surface area contributed by atoms with Gasteiger partial charge >= 0.3 is 0 Å². The average Bonchev–Trinajstić information content (AvgIpc) is 3.31. The average molecular weight is 432 g/mol. The summed E-state index contributed by atoms with van der Waals surface area (Å²) < 4.78 is 32.8. The standard InChI is InChI=1S/C16H18ClN3O5S2/c17-10-3-11-13(25-6-15(21)19-11)4-14(10)27(23,24)20-8-26-7-12(20)16(22)18-5-9-1-2-9/h3-4,9,12H,1-2,5-8H2,(H,18,22)(H,19,21). The molecule has 2 amide bonds. The number of amides is 2. The molecule has 0 aromatic heterocycles. The van der Waals surface area contributed by atoms with E-state index >= 15 is 0 Å². The SMILES string of the molecule is O=C1COc2cc(S(=O)(=O)N3CSCC3C(=O)NCC3CC3)c(Cl)cc2N1. The zero-order chi connectivity index (χ0) is 19.2. The molecule has 11 heteroatoms. The summed E-state index contributed by atoms with van der Waals surface area (Å²) >= 11 is 7.57. The molecule has 1 saturated carbocycles. The predicted octanol–water partition coefficient (Wildman–Crippen LogP) is 1.26. The molecular weight excluding hydrogens is 414 g/mol. The fourth-order valence-electron chi connectivity index (χ4n) is 2.96. The van der Waals surface area contributed by atoms with Crippen LogP contribution in [0.3, 0.4) is 0 Å². The quantitative estimate of drug-likeness (QED) is 0.727. The maximum Gasteiger partial charge on any atom is 0.262 e. The second-order valence-electron chi connectivity index (χ2n) is 6.71. The van der Waals surface area contributed by atoms with Crippen molar-refractivity contribution in [3.63, 3.8) is 0 Å². The number of thioether (sulfide) groups is 1. The van der Waals surface area contributed by atoms with Gasteiger partial charge < -0.3 is 15.4 Å². The van der Waals surface area contributed by atoms with Crippen LogP contribution >= 0.6 is 23.4 Å². The van der Waals surface area contributed by atoms with E-state index in [9.17, 15) is 18.0 Å². The van der Waals surface area contributed by atoms with Gasteiger partial charge in [-0.15, -0.1) is 11.8 Å². The number of ether oxygens (including phenoxy) is 1. The second-order valence-corrected chi connectivity index (χ2v) is 9.98. The number of sulfonamides is 1. The Balaban J connectivity index is 1.60. The number of halogens is 1. The van der Waals surface area contributed by atoms with E-state index in [1.54, 1.807) is 0 Å². The van der Waals surface area contributed by atoms with Gasteiger partial charge in [0.2, 0.25) is 15.9 Å². The van der Waals surface area contributed by atoms with Crippen molar-refractivity contribution in [2.24, 2.45) is 5.92 Å². The molecule has 0 radical (unpaired) electrons. The Kier molecular flexibility index (Phi) is 5.00. The van der Waals surface area contributed by atoms with E-state index in [-0.39, 0.29) is 40.0 Å². The predicted molar refractivity (Wildman–Crippen MR) is 101 cm³/mol. The third-order valence-corrected chi connectivity index (χ3v) is 8.16. The minimum absolute atomic E-state index is 0.0337. The lowest BCUT2D eigenvalue weighted by molar-refractivity contribution is -0.124. The Morgan fingerprint density at radius 3 is 2.93 bits per heavy atom. The summed E-state index contributed by atoms with van der Waals surface area (Å²) in [5.41, 5.74) is 0.324. The number of hydrogen-bond acceptors (Lipinski definition) is 6. The van der Waals surface area contributed by atoms with Crippen molar-refractivity contribution in [1.29, 1.82) is 0 Å². The molecule has 2 fully saturated rings. The number of fused-ring (bicyclic) bond motifs is 1. The smallest absolute Gasteiger partial charge is 0.262 e. The van der Waals surface area contributed by atoms with Gasteiger partial charge in [0.15, 0.2) is 6.61 Å².